The molecule has 1 unspecified atom stereocenters. The summed E-state index contributed by atoms with van der Waals surface area (Å²) in [7, 11) is 2.23. The second-order valence-electron chi connectivity index (χ2n) is 4.79. The highest BCUT2D eigenvalue weighted by Gasteiger charge is 2.24. The molecule has 1 aliphatic heterocycles. The molecule has 90 valence electrons. The molecule has 0 spiro atoms. The van der Waals surface area contributed by atoms with Crippen LogP contribution in [0.3, 0.4) is 0 Å². The van der Waals surface area contributed by atoms with E-state index in [1.54, 1.807) is 0 Å². The van der Waals surface area contributed by atoms with E-state index in [-0.39, 0.29) is 0 Å². The summed E-state index contributed by atoms with van der Waals surface area (Å²) in [6.07, 6.45) is 0. The van der Waals surface area contributed by atoms with Gasteiger partial charge in [-0.3, -0.25) is 4.90 Å². The van der Waals surface area contributed by atoms with Crippen molar-refractivity contribution in [3.05, 3.63) is 34.7 Å². The summed E-state index contributed by atoms with van der Waals surface area (Å²) in [5.41, 5.74) is 1.46. The van der Waals surface area contributed by atoms with Gasteiger partial charge >= 0.3 is 0 Å². The Kier molecular flexibility index (Phi) is 2.90. The van der Waals surface area contributed by atoms with Crippen molar-refractivity contribution in [3.63, 3.8) is 0 Å². The zero-order valence-electron chi connectivity index (χ0n) is 10.4. The Balaban J connectivity index is 2.07. The molecule has 1 N–H and O–H groups in total. The molecular formula is C14H18N2S. The minimum absolute atomic E-state index is 0.543. The predicted octanol–water partition coefficient (Wildman–Crippen LogP) is 2.79. The summed E-state index contributed by atoms with van der Waals surface area (Å²) in [5.74, 6) is 0. The molecule has 17 heavy (non-hydrogen) atoms. The number of hydrogen-bond donors (Lipinski definition) is 1. The normalized spacial score (nSPS) is 22.1. The largest absolute Gasteiger partial charge is 0.314 e. The fourth-order valence-electron chi connectivity index (χ4n) is 2.61. The molecule has 2 nitrogen and oxygen atoms in total. The average molecular weight is 246 g/mol. The Labute approximate surface area is 106 Å². The van der Waals surface area contributed by atoms with Gasteiger partial charge in [0.15, 0.2) is 0 Å². The predicted molar refractivity (Wildman–Crippen MR) is 74.8 cm³/mol. The number of hydrogen-bond acceptors (Lipinski definition) is 3. The Morgan fingerprint density at radius 3 is 2.94 bits per heavy atom. The molecule has 0 amide bonds. The van der Waals surface area contributed by atoms with Crippen molar-refractivity contribution in [2.24, 2.45) is 0 Å². The van der Waals surface area contributed by atoms with Gasteiger partial charge < -0.3 is 5.32 Å². The third kappa shape index (κ3) is 1.88. The second kappa shape index (κ2) is 4.41. The number of thiophene rings is 1. The molecule has 1 aliphatic rings. The third-order valence-corrected chi connectivity index (χ3v) is 5.07. The van der Waals surface area contributed by atoms with Crippen LogP contribution in [0.15, 0.2) is 24.3 Å². The molecule has 3 rings (SSSR count). The van der Waals surface area contributed by atoms with Crippen molar-refractivity contribution < 1.29 is 0 Å². The van der Waals surface area contributed by atoms with Crippen LogP contribution in [0.1, 0.15) is 16.5 Å². The molecule has 1 aromatic carbocycles. The van der Waals surface area contributed by atoms with Gasteiger partial charge in [-0.05, 0) is 31.0 Å². The first kappa shape index (κ1) is 11.2. The van der Waals surface area contributed by atoms with Crippen LogP contribution in [0.4, 0.5) is 0 Å². The molecule has 2 aromatic rings. The second-order valence-corrected chi connectivity index (χ2v) is 5.87. The average Bonchev–Trinajstić information content (AvgIpc) is 2.68. The third-order valence-electron chi connectivity index (χ3n) is 3.69. The highest BCUT2D eigenvalue weighted by Crippen LogP contribution is 2.36. The van der Waals surface area contributed by atoms with E-state index in [1.807, 2.05) is 11.3 Å². The van der Waals surface area contributed by atoms with Crippen LogP contribution in [0.5, 0.6) is 0 Å². The quantitative estimate of drug-likeness (QED) is 0.832. The number of nitrogens with one attached hydrogen (secondary N) is 1. The Morgan fingerprint density at radius 2 is 2.18 bits per heavy atom. The lowest BCUT2D eigenvalue weighted by Gasteiger charge is -2.32. The minimum atomic E-state index is 0.543. The van der Waals surface area contributed by atoms with Crippen LogP contribution < -0.4 is 5.32 Å². The number of nitrogens with zero attached hydrogens (tertiary/aromatic N) is 1. The van der Waals surface area contributed by atoms with Crippen LogP contribution in [0, 0.1) is 6.92 Å². The molecule has 0 radical (unpaired) electrons. The molecule has 2 heterocycles. The van der Waals surface area contributed by atoms with Crippen molar-refractivity contribution in [2.45, 2.75) is 13.0 Å². The van der Waals surface area contributed by atoms with E-state index in [0.29, 0.717) is 6.04 Å². The zero-order chi connectivity index (χ0) is 11.8. The van der Waals surface area contributed by atoms with E-state index in [0.717, 1.165) is 19.6 Å². The van der Waals surface area contributed by atoms with Crippen molar-refractivity contribution >= 4 is 21.4 Å². The van der Waals surface area contributed by atoms with E-state index in [2.05, 4.69) is 48.5 Å². The molecule has 0 saturated carbocycles. The van der Waals surface area contributed by atoms with Gasteiger partial charge in [0.2, 0.25) is 0 Å². The Morgan fingerprint density at radius 1 is 1.35 bits per heavy atom. The molecule has 3 heteroatoms. The maximum Gasteiger partial charge on any atom is 0.0567 e. The molecule has 1 atom stereocenters. The Bertz CT molecular complexity index is 532. The summed E-state index contributed by atoms with van der Waals surface area (Å²) in [6, 6.07) is 9.27. The van der Waals surface area contributed by atoms with Gasteiger partial charge in [-0.1, -0.05) is 18.2 Å². The van der Waals surface area contributed by atoms with Crippen LogP contribution in [0.25, 0.3) is 10.1 Å². The summed E-state index contributed by atoms with van der Waals surface area (Å²) >= 11 is 1.95. The minimum Gasteiger partial charge on any atom is -0.314 e. The highest BCUT2D eigenvalue weighted by molar-refractivity contribution is 7.19. The molecule has 1 aromatic heterocycles. The number of aryl methyl sites for hydroxylation is 1. The lowest BCUT2D eigenvalue weighted by Crippen LogP contribution is -2.43. The van der Waals surface area contributed by atoms with E-state index < -0.39 is 0 Å². The molecule has 0 bridgehead atoms. The lowest BCUT2D eigenvalue weighted by atomic mass is 10.1. The van der Waals surface area contributed by atoms with Gasteiger partial charge in [0.25, 0.3) is 0 Å². The summed E-state index contributed by atoms with van der Waals surface area (Å²) in [4.78, 5) is 4.00. The van der Waals surface area contributed by atoms with Crippen LogP contribution in [-0.4, -0.2) is 31.6 Å². The van der Waals surface area contributed by atoms with Gasteiger partial charge in [-0.15, -0.1) is 11.3 Å². The van der Waals surface area contributed by atoms with E-state index in [4.69, 9.17) is 0 Å². The van der Waals surface area contributed by atoms with Gasteiger partial charge in [0.1, 0.15) is 0 Å². The number of fused-ring (bicyclic) bond motifs is 1. The maximum absolute atomic E-state index is 3.50. The molecular weight excluding hydrogens is 228 g/mol. The first-order valence-electron chi connectivity index (χ1n) is 6.16. The van der Waals surface area contributed by atoms with Crippen molar-refractivity contribution in [3.8, 4) is 0 Å². The fourth-order valence-corrected chi connectivity index (χ4v) is 3.99. The van der Waals surface area contributed by atoms with Crippen LogP contribution in [0.2, 0.25) is 0 Å². The van der Waals surface area contributed by atoms with Crippen molar-refractivity contribution in [1.82, 2.24) is 10.2 Å². The topological polar surface area (TPSA) is 15.3 Å². The van der Waals surface area contributed by atoms with Crippen molar-refractivity contribution in [2.75, 3.05) is 26.7 Å². The standard InChI is InChI=1S/C14H18N2S/c1-10-11-5-3-4-6-13(11)17-14(10)12-9-15-7-8-16(12)2/h3-6,12,15H,7-9H2,1-2H3. The SMILES string of the molecule is Cc1c(C2CNCCN2C)sc2ccccc12. The molecule has 0 aliphatic carbocycles. The smallest absolute Gasteiger partial charge is 0.0567 e. The van der Waals surface area contributed by atoms with E-state index in [9.17, 15) is 0 Å². The summed E-state index contributed by atoms with van der Waals surface area (Å²) < 4.78 is 1.42. The van der Waals surface area contributed by atoms with Crippen LogP contribution >= 0.6 is 11.3 Å². The molecule has 1 fully saturated rings. The zero-order valence-corrected chi connectivity index (χ0v) is 11.2. The van der Waals surface area contributed by atoms with Gasteiger partial charge in [0, 0.05) is 29.2 Å². The lowest BCUT2D eigenvalue weighted by molar-refractivity contribution is 0.205. The van der Waals surface area contributed by atoms with Crippen LogP contribution in [-0.2, 0) is 0 Å². The fraction of sp³-hybridized carbons (Fsp3) is 0.429. The first-order chi connectivity index (χ1) is 8.27. The highest BCUT2D eigenvalue weighted by atomic mass is 32.1. The monoisotopic (exact) mass is 246 g/mol. The van der Waals surface area contributed by atoms with E-state index >= 15 is 0 Å². The molecule has 1 saturated heterocycles. The summed E-state index contributed by atoms with van der Waals surface area (Å²) in [6.45, 7) is 5.58. The first-order valence-corrected chi connectivity index (χ1v) is 6.98. The van der Waals surface area contributed by atoms with Gasteiger partial charge in [-0.2, -0.15) is 0 Å². The maximum atomic E-state index is 3.50. The summed E-state index contributed by atoms with van der Waals surface area (Å²) in [5, 5.41) is 4.92. The Hall–Kier alpha value is -0.900. The van der Waals surface area contributed by atoms with Gasteiger partial charge in [-0.25, -0.2) is 0 Å². The number of likely N-dealkylation sites (N-methyl/N-ethyl adjacent to an activating group) is 1. The number of piperazine rings is 1. The van der Waals surface area contributed by atoms with Crippen molar-refractivity contribution in [1.29, 1.82) is 0 Å². The van der Waals surface area contributed by atoms with E-state index in [1.165, 1.54) is 20.5 Å². The van der Waals surface area contributed by atoms with Gasteiger partial charge in [0.05, 0.1) is 6.04 Å². The number of rotatable bonds is 1. The number of benzene rings is 1.